The predicted octanol–water partition coefficient (Wildman–Crippen LogP) is 3.36. The minimum absolute atomic E-state index is 0.0539. The second-order valence-corrected chi connectivity index (χ2v) is 7.23. The number of halogens is 2. The van der Waals surface area contributed by atoms with Gasteiger partial charge < -0.3 is 5.73 Å². The van der Waals surface area contributed by atoms with Crippen LogP contribution < -0.4 is 5.73 Å². The van der Waals surface area contributed by atoms with E-state index in [1.165, 1.54) is 12.3 Å². The number of aromatic nitrogens is 1. The molecule has 0 aliphatic heterocycles. The first-order valence-corrected chi connectivity index (χ1v) is 8.20. The van der Waals surface area contributed by atoms with Crippen molar-refractivity contribution >= 4 is 42.5 Å². The fourth-order valence-corrected chi connectivity index (χ4v) is 3.86. The summed E-state index contributed by atoms with van der Waals surface area (Å²) < 4.78 is 40.5. The molecule has 2 aromatic carbocycles. The number of nitrogens with zero attached hydrogens (tertiary/aromatic N) is 1. The molecule has 21 heavy (non-hydrogen) atoms. The van der Waals surface area contributed by atoms with E-state index in [0.29, 0.717) is 5.52 Å². The fraction of sp³-hybridized carbons (Fsp3) is 0. The van der Waals surface area contributed by atoms with Gasteiger partial charge >= 0.3 is 0 Å². The van der Waals surface area contributed by atoms with Crippen molar-refractivity contribution in [2.45, 2.75) is 4.90 Å². The van der Waals surface area contributed by atoms with E-state index in [9.17, 15) is 12.8 Å². The largest absolute Gasteiger partial charge is 0.396 e. The first kappa shape index (κ1) is 14.1. The van der Waals surface area contributed by atoms with Crippen molar-refractivity contribution in [2.24, 2.45) is 0 Å². The zero-order valence-electron chi connectivity index (χ0n) is 10.6. The lowest BCUT2D eigenvalue weighted by atomic mass is 10.3. The molecule has 3 rings (SSSR count). The van der Waals surface area contributed by atoms with E-state index < -0.39 is 15.8 Å². The van der Waals surface area contributed by atoms with Crippen LogP contribution in [-0.4, -0.2) is 12.4 Å². The van der Waals surface area contributed by atoms with Crippen LogP contribution in [0.15, 0.2) is 58.0 Å². The number of hydrogen-bond acceptors (Lipinski definition) is 3. The molecule has 0 spiro atoms. The molecule has 0 bridgehead atoms. The smallest absolute Gasteiger partial charge is 0.268 e. The molecule has 1 aromatic heterocycles. The third kappa shape index (κ3) is 2.32. The molecule has 0 atom stereocenters. The Hall–Kier alpha value is -1.86. The highest BCUT2D eigenvalue weighted by Crippen LogP contribution is 2.26. The first-order valence-electron chi connectivity index (χ1n) is 5.97. The van der Waals surface area contributed by atoms with Crippen molar-refractivity contribution in [3.05, 3.63) is 59.0 Å². The van der Waals surface area contributed by atoms with Crippen LogP contribution in [0.4, 0.5) is 10.1 Å². The summed E-state index contributed by atoms with van der Waals surface area (Å²) in [7, 11) is -3.82. The summed E-state index contributed by atoms with van der Waals surface area (Å²) >= 11 is 3.34. The van der Waals surface area contributed by atoms with Crippen LogP contribution in [0.25, 0.3) is 10.9 Å². The molecule has 108 valence electrons. The number of anilines is 1. The van der Waals surface area contributed by atoms with Crippen LogP contribution in [0, 0.1) is 5.82 Å². The molecule has 2 N–H and O–H groups in total. The molecule has 7 heteroatoms. The van der Waals surface area contributed by atoms with E-state index in [0.717, 1.165) is 26.0 Å². The van der Waals surface area contributed by atoms with Gasteiger partial charge in [0.25, 0.3) is 10.0 Å². The van der Waals surface area contributed by atoms with Gasteiger partial charge in [-0.1, -0.05) is 15.9 Å². The summed E-state index contributed by atoms with van der Waals surface area (Å²) in [5, 5.41) is 0.781. The van der Waals surface area contributed by atoms with Crippen LogP contribution in [0.2, 0.25) is 0 Å². The van der Waals surface area contributed by atoms with Gasteiger partial charge in [-0.3, -0.25) is 0 Å². The topological polar surface area (TPSA) is 65.1 Å². The number of nitrogen functional groups attached to an aromatic ring is 1. The molecular formula is C14H10BrFN2O2S. The summed E-state index contributed by atoms with van der Waals surface area (Å²) in [6.07, 6.45) is 1.46. The second-order valence-electron chi connectivity index (χ2n) is 4.50. The molecule has 0 saturated carbocycles. The number of fused-ring (bicyclic) bond motifs is 1. The predicted molar refractivity (Wildman–Crippen MR) is 83.0 cm³/mol. The zero-order valence-corrected chi connectivity index (χ0v) is 13.0. The van der Waals surface area contributed by atoms with Gasteiger partial charge in [-0.05, 0) is 42.5 Å². The van der Waals surface area contributed by atoms with E-state index in [4.69, 9.17) is 5.73 Å². The summed E-state index contributed by atoms with van der Waals surface area (Å²) in [4.78, 5) is -0.0539. The molecule has 0 radical (unpaired) electrons. The third-order valence-corrected chi connectivity index (χ3v) is 5.32. The molecule has 1 heterocycles. The maximum Gasteiger partial charge on any atom is 0.268 e. The summed E-state index contributed by atoms with van der Waals surface area (Å²) in [5.74, 6) is -0.643. The van der Waals surface area contributed by atoms with E-state index in [1.807, 2.05) is 6.07 Å². The van der Waals surface area contributed by atoms with Gasteiger partial charge in [0.2, 0.25) is 0 Å². The Kier molecular flexibility index (Phi) is 3.26. The second kappa shape index (κ2) is 4.85. The Morgan fingerprint density at radius 2 is 1.86 bits per heavy atom. The quantitative estimate of drug-likeness (QED) is 0.705. The monoisotopic (exact) mass is 368 g/mol. The maximum absolute atomic E-state index is 13.2. The fourth-order valence-electron chi connectivity index (χ4n) is 2.09. The molecule has 0 aliphatic carbocycles. The lowest BCUT2D eigenvalue weighted by molar-refractivity contribution is 0.588. The highest BCUT2D eigenvalue weighted by molar-refractivity contribution is 9.10. The van der Waals surface area contributed by atoms with Gasteiger partial charge in [-0.2, -0.15) is 0 Å². The van der Waals surface area contributed by atoms with Crippen molar-refractivity contribution in [3.8, 4) is 0 Å². The Morgan fingerprint density at radius 1 is 1.10 bits per heavy atom. The van der Waals surface area contributed by atoms with Crippen LogP contribution in [-0.2, 0) is 10.0 Å². The van der Waals surface area contributed by atoms with Gasteiger partial charge in [0.1, 0.15) is 5.82 Å². The zero-order chi connectivity index (χ0) is 15.2. The van der Waals surface area contributed by atoms with E-state index in [2.05, 4.69) is 15.9 Å². The summed E-state index contributed by atoms with van der Waals surface area (Å²) in [6.45, 7) is 0. The maximum atomic E-state index is 13.2. The van der Waals surface area contributed by atoms with Gasteiger partial charge in [0, 0.05) is 16.1 Å². The molecule has 0 amide bonds. The Bertz CT molecular complexity index is 951. The number of nitrogens with two attached hydrogens (primary N) is 1. The van der Waals surface area contributed by atoms with E-state index in [-0.39, 0.29) is 10.6 Å². The molecular weight excluding hydrogens is 359 g/mol. The van der Waals surface area contributed by atoms with Gasteiger partial charge in [-0.25, -0.2) is 16.8 Å². The van der Waals surface area contributed by atoms with Gasteiger partial charge in [0.15, 0.2) is 0 Å². The third-order valence-electron chi connectivity index (χ3n) is 3.14. The minimum Gasteiger partial charge on any atom is -0.396 e. The van der Waals surface area contributed by atoms with E-state index >= 15 is 0 Å². The summed E-state index contributed by atoms with van der Waals surface area (Å²) in [5.41, 5.74) is 5.79. The number of benzene rings is 2. The average Bonchev–Trinajstić information content (AvgIpc) is 2.85. The van der Waals surface area contributed by atoms with Crippen molar-refractivity contribution in [2.75, 3.05) is 5.73 Å². The lowest BCUT2D eigenvalue weighted by Gasteiger charge is -2.08. The Balaban J connectivity index is 2.22. The summed E-state index contributed by atoms with van der Waals surface area (Å²) in [6, 6.07) is 10.3. The molecule has 0 fully saturated rings. The Morgan fingerprint density at radius 3 is 2.57 bits per heavy atom. The molecule has 0 unspecified atom stereocenters. The van der Waals surface area contributed by atoms with E-state index in [1.54, 1.807) is 18.2 Å². The number of hydrogen-bond donors (Lipinski definition) is 1. The minimum atomic E-state index is -3.82. The van der Waals surface area contributed by atoms with Crippen LogP contribution in [0.5, 0.6) is 0 Å². The number of rotatable bonds is 2. The van der Waals surface area contributed by atoms with Crippen molar-refractivity contribution in [3.63, 3.8) is 0 Å². The van der Waals surface area contributed by atoms with Gasteiger partial charge in [0.05, 0.1) is 16.1 Å². The molecule has 3 aromatic rings. The van der Waals surface area contributed by atoms with Crippen LogP contribution in [0.1, 0.15) is 0 Å². The molecule has 0 aliphatic rings. The van der Waals surface area contributed by atoms with Gasteiger partial charge in [-0.15, -0.1) is 0 Å². The van der Waals surface area contributed by atoms with Crippen molar-refractivity contribution < 1.29 is 12.8 Å². The SMILES string of the molecule is Nc1cc(S(=O)(=O)n2ccc3cc(Br)ccc32)ccc1F. The standard InChI is InChI=1S/C14H10BrFN2O2S/c15-10-1-4-14-9(7-10)5-6-18(14)21(19,20)11-2-3-12(16)13(17)8-11/h1-8H,17H2. The highest BCUT2D eigenvalue weighted by atomic mass is 79.9. The first-order chi connectivity index (χ1) is 9.89. The van der Waals surface area contributed by atoms with Crippen molar-refractivity contribution in [1.82, 2.24) is 3.97 Å². The normalized spacial score (nSPS) is 11.9. The van der Waals surface area contributed by atoms with Crippen molar-refractivity contribution in [1.29, 1.82) is 0 Å². The average molecular weight is 369 g/mol. The molecule has 0 saturated heterocycles. The van der Waals surface area contributed by atoms with Crippen LogP contribution in [0.3, 0.4) is 0 Å². The van der Waals surface area contributed by atoms with Crippen LogP contribution >= 0.6 is 15.9 Å². The Labute approximate surface area is 129 Å². The molecule has 4 nitrogen and oxygen atoms in total. The lowest BCUT2D eigenvalue weighted by Crippen LogP contribution is -2.12. The highest BCUT2D eigenvalue weighted by Gasteiger charge is 2.19.